The summed E-state index contributed by atoms with van der Waals surface area (Å²) in [5.41, 5.74) is 0. The molecule has 2 aliphatic heterocycles. The second-order valence-electron chi connectivity index (χ2n) is 5.25. The number of anilines is 1. The van der Waals surface area contributed by atoms with Gasteiger partial charge in [0.05, 0.1) is 6.61 Å². The average Bonchev–Trinajstić information content (AvgIpc) is 2.75. The molecule has 6 nitrogen and oxygen atoms in total. The number of hydrogen-bond acceptors (Lipinski definition) is 6. The molecule has 1 atom stereocenters. The number of nitrogens with zero attached hydrogens (tertiary/aromatic N) is 5. The van der Waals surface area contributed by atoms with Gasteiger partial charge in [0.1, 0.15) is 0 Å². The number of fused-ring (bicyclic) bond motifs is 1. The third kappa shape index (κ3) is 2.96. The van der Waals surface area contributed by atoms with E-state index in [1.54, 1.807) is 0 Å². The maximum absolute atomic E-state index is 5.98. The zero-order valence-corrected chi connectivity index (χ0v) is 12.5. The summed E-state index contributed by atoms with van der Waals surface area (Å²) in [5.74, 6) is 0.641. The monoisotopic (exact) mass is 297 g/mol. The van der Waals surface area contributed by atoms with Gasteiger partial charge in [0.15, 0.2) is 0 Å². The van der Waals surface area contributed by atoms with Gasteiger partial charge in [-0.3, -0.25) is 4.90 Å². The van der Waals surface area contributed by atoms with E-state index >= 15 is 0 Å². The van der Waals surface area contributed by atoms with Crippen molar-refractivity contribution < 1.29 is 4.74 Å². The van der Waals surface area contributed by atoms with Gasteiger partial charge in [-0.25, -0.2) is 0 Å². The van der Waals surface area contributed by atoms with Crippen LogP contribution in [0.3, 0.4) is 0 Å². The van der Waals surface area contributed by atoms with Crippen molar-refractivity contribution in [2.24, 2.45) is 0 Å². The summed E-state index contributed by atoms with van der Waals surface area (Å²) in [7, 11) is 0. The van der Waals surface area contributed by atoms with E-state index in [4.69, 9.17) is 16.3 Å². The number of hydrogen-bond donors (Lipinski definition) is 0. The van der Waals surface area contributed by atoms with E-state index in [0.29, 0.717) is 24.6 Å². The second-order valence-corrected chi connectivity index (χ2v) is 5.59. The van der Waals surface area contributed by atoms with E-state index in [0.717, 1.165) is 26.1 Å². The molecule has 3 rings (SSSR count). The molecule has 3 heterocycles. The first-order valence-corrected chi connectivity index (χ1v) is 7.67. The Hall–Kier alpha value is -1.14. The third-order valence-corrected chi connectivity index (χ3v) is 4.10. The van der Waals surface area contributed by atoms with Gasteiger partial charge in [-0.05, 0) is 44.3 Å². The standard InChI is InChI=1S/C13H20ClN5O/c1-2-20-13-16-11(14)15-12(17-13)19-8-4-7-18-6-3-5-10(18)9-19/h10H,2-9H2,1H3. The van der Waals surface area contributed by atoms with Gasteiger partial charge in [-0.2, -0.15) is 15.0 Å². The molecule has 0 aliphatic carbocycles. The van der Waals surface area contributed by atoms with E-state index in [2.05, 4.69) is 24.8 Å². The zero-order chi connectivity index (χ0) is 13.9. The van der Waals surface area contributed by atoms with Gasteiger partial charge in [-0.15, -0.1) is 0 Å². The van der Waals surface area contributed by atoms with E-state index in [9.17, 15) is 0 Å². The summed E-state index contributed by atoms with van der Waals surface area (Å²) in [6.07, 6.45) is 3.68. The maximum Gasteiger partial charge on any atom is 0.322 e. The maximum atomic E-state index is 5.98. The highest BCUT2D eigenvalue weighted by Crippen LogP contribution is 2.24. The lowest BCUT2D eigenvalue weighted by molar-refractivity contribution is 0.272. The number of aromatic nitrogens is 3. The fraction of sp³-hybridized carbons (Fsp3) is 0.769. The van der Waals surface area contributed by atoms with Crippen LogP contribution in [0.1, 0.15) is 26.2 Å². The quantitative estimate of drug-likeness (QED) is 0.845. The molecule has 1 aromatic heterocycles. The first kappa shape index (κ1) is 13.8. The minimum Gasteiger partial charge on any atom is -0.464 e. The molecule has 1 aromatic rings. The minimum absolute atomic E-state index is 0.200. The normalized spacial score (nSPS) is 23.5. The van der Waals surface area contributed by atoms with Crippen molar-refractivity contribution in [3.05, 3.63) is 5.28 Å². The Balaban J connectivity index is 1.80. The van der Waals surface area contributed by atoms with Crippen molar-refractivity contribution in [2.75, 3.05) is 37.7 Å². The van der Waals surface area contributed by atoms with E-state index in [1.165, 1.54) is 19.4 Å². The summed E-state index contributed by atoms with van der Waals surface area (Å²) in [5, 5.41) is 0.200. The zero-order valence-electron chi connectivity index (χ0n) is 11.8. The SMILES string of the molecule is CCOc1nc(Cl)nc(N2CCCN3CCCC3C2)n1. The Kier molecular flexibility index (Phi) is 4.21. The molecule has 1 unspecified atom stereocenters. The van der Waals surface area contributed by atoms with Crippen LogP contribution < -0.4 is 9.64 Å². The van der Waals surface area contributed by atoms with Crippen LogP contribution in [0.15, 0.2) is 0 Å². The third-order valence-electron chi connectivity index (χ3n) is 3.94. The summed E-state index contributed by atoms with van der Waals surface area (Å²) >= 11 is 5.98. The Morgan fingerprint density at radius 3 is 2.90 bits per heavy atom. The van der Waals surface area contributed by atoms with Crippen molar-refractivity contribution >= 4 is 17.5 Å². The summed E-state index contributed by atoms with van der Waals surface area (Å²) in [6.45, 7) is 6.74. The molecule has 0 saturated carbocycles. The van der Waals surface area contributed by atoms with Crippen LogP contribution in [0.2, 0.25) is 5.28 Å². The van der Waals surface area contributed by atoms with Crippen LogP contribution in [0, 0.1) is 0 Å². The highest BCUT2D eigenvalue weighted by atomic mass is 35.5. The molecule has 0 amide bonds. The topological polar surface area (TPSA) is 54.4 Å². The molecule has 20 heavy (non-hydrogen) atoms. The second kappa shape index (κ2) is 6.10. The van der Waals surface area contributed by atoms with Crippen LogP contribution >= 0.6 is 11.6 Å². The lowest BCUT2D eigenvalue weighted by atomic mass is 10.2. The van der Waals surface area contributed by atoms with Crippen molar-refractivity contribution in [1.29, 1.82) is 0 Å². The smallest absolute Gasteiger partial charge is 0.322 e. The lowest BCUT2D eigenvalue weighted by Gasteiger charge is -2.25. The molecule has 0 aromatic carbocycles. The first-order chi connectivity index (χ1) is 9.76. The van der Waals surface area contributed by atoms with Crippen molar-refractivity contribution in [2.45, 2.75) is 32.2 Å². The van der Waals surface area contributed by atoms with Gasteiger partial charge in [0.25, 0.3) is 0 Å². The molecule has 2 fully saturated rings. The van der Waals surface area contributed by atoms with Gasteiger partial charge in [0.2, 0.25) is 11.2 Å². The molecule has 0 radical (unpaired) electrons. The molecule has 0 N–H and O–H groups in total. The predicted octanol–water partition coefficient (Wildman–Crippen LogP) is 1.60. The molecule has 2 saturated heterocycles. The minimum atomic E-state index is 0.200. The number of ether oxygens (including phenoxy) is 1. The molecule has 7 heteroatoms. The molecule has 0 spiro atoms. The van der Waals surface area contributed by atoms with Crippen LogP contribution in [0.4, 0.5) is 5.95 Å². The predicted molar refractivity (Wildman–Crippen MR) is 77.4 cm³/mol. The molecular formula is C13H20ClN5O. The Morgan fingerprint density at radius 1 is 1.20 bits per heavy atom. The highest BCUT2D eigenvalue weighted by Gasteiger charge is 2.29. The molecular weight excluding hydrogens is 278 g/mol. The van der Waals surface area contributed by atoms with E-state index < -0.39 is 0 Å². The molecule has 110 valence electrons. The van der Waals surface area contributed by atoms with Gasteiger partial charge < -0.3 is 9.64 Å². The molecule has 2 aliphatic rings. The van der Waals surface area contributed by atoms with E-state index in [-0.39, 0.29) is 5.28 Å². The van der Waals surface area contributed by atoms with Crippen molar-refractivity contribution in [3.63, 3.8) is 0 Å². The van der Waals surface area contributed by atoms with Crippen LogP contribution in [-0.2, 0) is 0 Å². The van der Waals surface area contributed by atoms with Crippen LogP contribution in [-0.4, -0.2) is 58.7 Å². The average molecular weight is 298 g/mol. The number of halogens is 1. The summed E-state index contributed by atoms with van der Waals surface area (Å²) < 4.78 is 5.35. The van der Waals surface area contributed by atoms with Crippen molar-refractivity contribution in [1.82, 2.24) is 19.9 Å². The lowest BCUT2D eigenvalue weighted by Crippen LogP contribution is -2.37. The van der Waals surface area contributed by atoms with Crippen LogP contribution in [0.25, 0.3) is 0 Å². The first-order valence-electron chi connectivity index (χ1n) is 7.29. The Morgan fingerprint density at radius 2 is 2.05 bits per heavy atom. The Bertz CT molecular complexity index is 472. The van der Waals surface area contributed by atoms with Gasteiger partial charge in [-0.1, -0.05) is 0 Å². The Labute approximate surface area is 124 Å². The van der Waals surface area contributed by atoms with Crippen LogP contribution in [0.5, 0.6) is 6.01 Å². The fourth-order valence-corrected chi connectivity index (χ4v) is 3.19. The van der Waals surface area contributed by atoms with Gasteiger partial charge >= 0.3 is 6.01 Å². The van der Waals surface area contributed by atoms with Gasteiger partial charge in [0, 0.05) is 25.7 Å². The highest BCUT2D eigenvalue weighted by molar-refractivity contribution is 6.28. The summed E-state index contributed by atoms with van der Waals surface area (Å²) in [6, 6.07) is 0.929. The fourth-order valence-electron chi connectivity index (χ4n) is 3.05. The van der Waals surface area contributed by atoms with E-state index in [1.807, 2.05) is 6.92 Å². The van der Waals surface area contributed by atoms with Crippen molar-refractivity contribution in [3.8, 4) is 6.01 Å². The number of rotatable bonds is 3. The summed E-state index contributed by atoms with van der Waals surface area (Å²) in [4.78, 5) is 17.4. The largest absolute Gasteiger partial charge is 0.464 e. The molecule has 0 bridgehead atoms.